The van der Waals surface area contributed by atoms with E-state index < -0.39 is 11.8 Å². The highest BCUT2D eigenvalue weighted by Gasteiger charge is 2.07. The van der Waals surface area contributed by atoms with Crippen LogP contribution in [0.3, 0.4) is 0 Å². The quantitative estimate of drug-likeness (QED) is 0.663. The maximum atomic E-state index is 11.5. The zero-order valence-electron chi connectivity index (χ0n) is 11.3. The van der Waals surface area contributed by atoms with Crippen LogP contribution >= 0.6 is 0 Å². The zero-order valence-corrected chi connectivity index (χ0v) is 11.3. The fraction of sp³-hybridized carbons (Fsp3) is 0.0667. The molecule has 2 N–H and O–H groups in total. The number of nitrogens with one attached hydrogen (secondary N) is 2. The summed E-state index contributed by atoms with van der Waals surface area (Å²) in [6.45, 7) is 0. The Morgan fingerprint density at radius 1 is 1.14 bits per heavy atom. The number of carbonyl (C=O) groups excluding carboxylic acids is 2. The highest BCUT2D eigenvalue weighted by atomic mass is 16.5. The van der Waals surface area contributed by atoms with Crippen molar-refractivity contribution < 1.29 is 18.7 Å². The summed E-state index contributed by atoms with van der Waals surface area (Å²) in [5, 5.41) is 0. The van der Waals surface area contributed by atoms with Crippen LogP contribution in [0.4, 0.5) is 0 Å². The molecule has 6 heteroatoms. The van der Waals surface area contributed by atoms with Gasteiger partial charge < -0.3 is 9.15 Å². The molecule has 2 amide bonds. The summed E-state index contributed by atoms with van der Waals surface area (Å²) in [6, 6.07) is 10.3. The number of rotatable bonds is 4. The summed E-state index contributed by atoms with van der Waals surface area (Å²) in [6.07, 6.45) is 4.30. The van der Waals surface area contributed by atoms with Crippen LogP contribution in [-0.2, 0) is 4.79 Å². The van der Waals surface area contributed by atoms with E-state index in [0.717, 1.165) is 11.3 Å². The maximum Gasteiger partial charge on any atom is 0.305 e. The molecule has 0 radical (unpaired) electrons. The normalized spacial score (nSPS) is 10.3. The molecular formula is C15H14N2O4. The van der Waals surface area contributed by atoms with Gasteiger partial charge in [0.1, 0.15) is 5.75 Å². The number of hydrazine groups is 1. The van der Waals surface area contributed by atoms with Crippen molar-refractivity contribution in [2.24, 2.45) is 0 Å². The summed E-state index contributed by atoms with van der Waals surface area (Å²) in [4.78, 5) is 23.0. The third-order valence-electron chi connectivity index (χ3n) is 2.59. The lowest BCUT2D eigenvalue weighted by Gasteiger charge is -2.02. The van der Waals surface area contributed by atoms with E-state index in [1.165, 1.54) is 18.4 Å². The summed E-state index contributed by atoms with van der Waals surface area (Å²) in [7, 11) is 1.58. The lowest BCUT2D eigenvalue weighted by atomic mass is 10.2. The molecule has 6 nitrogen and oxygen atoms in total. The maximum absolute atomic E-state index is 11.5. The van der Waals surface area contributed by atoms with Gasteiger partial charge in [0.2, 0.25) is 0 Å². The third kappa shape index (κ3) is 4.24. The van der Waals surface area contributed by atoms with Gasteiger partial charge in [0.05, 0.1) is 13.4 Å². The molecule has 0 aliphatic carbocycles. The number of hydrogen-bond acceptors (Lipinski definition) is 4. The van der Waals surface area contributed by atoms with E-state index >= 15 is 0 Å². The molecule has 0 aliphatic heterocycles. The number of methoxy groups -OCH3 is 1. The van der Waals surface area contributed by atoms with E-state index in [1.54, 1.807) is 31.4 Å². The Kier molecular flexibility index (Phi) is 4.76. The average Bonchev–Trinajstić information content (AvgIpc) is 3.05. The molecule has 0 aliphatic rings. The van der Waals surface area contributed by atoms with Gasteiger partial charge in [-0.15, -0.1) is 0 Å². The van der Waals surface area contributed by atoms with Crippen LogP contribution in [0.25, 0.3) is 6.08 Å². The van der Waals surface area contributed by atoms with Crippen molar-refractivity contribution in [3.05, 3.63) is 60.1 Å². The van der Waals surface area contributed by atoms with Crippen LogP contribution in [-0.4, -0.2) is 18.9 Å². The minimum atomic E-state index is -0.522. The molecule has 2 rings (SSSR count). The van der Waals surface area contributed by atoms with Gasteiger partial charge in [-0.2, -0.15) is 0 Å². The molecular weight excluding hydrogens is 272 g/mol. The van der Waals surface area contributed by atoms with E-state index in [9.17, 15) is 9.59 Å². The monoisotopic (exact) mass is 286 g/mol. The van der Waals surface area contributed by atoms with Crippen molar-refractivity contribution in [2.45, 2.75) is 0 Å². The van der Waals surface area contributed by atoms with Gasteiger partial charge >= 0.3 is 5.91 Å². The van der Waals surface area contributed by atoms with E-state index in [1.807, 2.05) is 12.1 Å². The van der Waals surface area contributed by atoms with Crippen LogP contribution in [0.5, 0.6) is 5.75 Å². The summed E-state index contributed by atoms with van der Waals surface area (Å²) >= 11 is 0. The molecule has 0 fully saturated rings. The van der Waals surface area contributed by atoms with Gasteiger partial charge in [0, 0.05) is 6.08 Å². The number of furan rings is 1. The molecule has 1 aromatic carbocycles. The lowest BCUT2D eigenvalue weighted by Crippen LogP contribution is -2.40. The van der Waals surface area contributed by atoms with Crippen molar-refractivity contribution in [3.63, 3.8) is 0 Å². The topological polar surface area (TPSA) is 80.6 Å². The molecule has 0 unspecified atom stereocenters. The van der Waals surface area contributed by atoms with Gasteiger partial charge in [0.25, 0.3) is 5.91 Å². The largest absolute Gasteiger partial charge is 0.497 e. The first kappa shape index (κ1) is 14.4. The molecule has 2 aromatic rings. The first-order chi connectivity index (χ1) is 10.2. The lowest BCUT2D eigenvalue weighted by molar-refractivity contribution is -0.117. The van der Waals surface area contributed by atoms with Crippen LogP contribution in [0.2, 0.25) is 0 Å². The Morgan fingerprint density at radius 2 is 1.90 bits per heavy atom. The predicted molar refractivity (Wildman–Crippen MR) is 76.3 cm³/mol. The van der Waals surface area contributed by atoms with Gasteiger partial charge in [-0.3, -0.25) is 20.4 Å². The van der Waals surface area contributed by atoms with Gasteiger partial charge in [0.15, 0.2) is 5.76 Å². The first-order valence-electron chi connectivity index (χ1n) is 6.15. The van der Waals surface area contributed by atoms with Crippen LogP contribution in [0.15, 0.2) is 53.2 Å². The molecule has 0 spiro atoms. The van der Waals surface area contributed by atoms with Crippen LogP contribution in [0, 0.1) is 0 Å². The average molecular weight is 286 g/mol. The second-order valence-corrected chi connectivity index (χ2v) is 4.03. The van der Waals surface area contributed by atoms with Crippen LogP contribution < -0.4 is 15.6 Å². The Balaban J connectivity index is 1.83. The van der Waals surface area contributed by atoms with Crippen molar-refractivity contribution in [2.75, 3.05) is 7.11 Å². The molecule has 0 atom stereocenters. The number of amides is 2. The third-order valence-corrected chi connectivity index (χ3v) is 2.59. The Morgan fingerprint density at radius 3 is 2.52 bits per heavy atom. The molecule has 0 saturated heterocycles. The van der Waals surface area contributed by atoms with Gasteiger partial charge in [-0.1, -0.05) is 12.1 Å². The Hall–Kier alpha value is -3.02. The molecule has 1 heterocycles. The van der Waals surface area contributed by atoms with Crippen LogP contribution in [0.1, 0.15) is 16.1 Å². The fourth-order valence-electron chi connectivity index (χ4n) is 1.52. The molecule has 0 saturated carbocycles. The molecule has 0 bridgehead atoms. The van der Waals surface area contributed by atoms with Crippen molar-refractivity contribution in [1.82, 2.24) is 10.9 Å². The smallest absolute Gasteiger partial charge is 0.305 e. The van der Waals surface area contributed by atoms with E-state index in [-0.39, 0.29) is 5.76 Å². The Bertz CT molecular complexity index is 630. The second-order valence-electron chi connectivity index (χ2n) is 4.03. The minimum absolute atomic E-state index is 0.120. The number of hydrogen-bond donors (Lipinski definition) is 2. The second kappa shape index (κ2) is 6.95. The highest BCUT2D eigenvalue weighted by Crippen LogP contribution is 2.12. The summed E-state index contributed by atoms with van der Waals surface area (Å²) in [5.74, 6) is -0.117. The van der Waals surface area contributed by atoms with E-state index in [0.29, 0.717) is 0 Å². The first-order valence-corrected chi connectivity index (χ1v) is 6.15. The summed E-state index contributed by atoms with van der Waals surface area (Å²) < 4.78 is 9.92. The predicted octanol–water partition coefficient (Wildman–Crippen LogP) is 1.76. The van der Waals surface area contributed by atoms with Crippen molar-refractivity contribution >= 4 is 17.9 Å². The Labute approximate surface area is 121 Å². The standard InChI is InChI=1S/C15H14N2O4/c1-20-12-7-4-11(5-8-12)6-9-14(18)16-17-15(19)13-3-2-10-21-13/h2-10H,1H3,(H,16,18)(H,17,19)/b9-6+. The van der Waals surface area contributed by atoms with Crippen molar-refractivity contribution in [1.29, 1.82) is 0 Å². The van der Waals surface area contributed by atoms with Crippen molar-refractivity contribution in [3.8, 4) is 5.75 Å². The van der Waals surface area contributed by atoms with E-state index in [4.69, 9.17) is 9.15 Å². The summed E-state index contributed by atoms with van der Waals surface area (Å²) in [5.41, 5.74) is 5.33. The fourth-order valence-corrected chi connectivity index (χ4v) is 1.52. The zero-order chi connectivity index (χ0) is 15.1. The van der Waals surface area contributed by atoms with E-state index in [2.05, 4.69) is 10.9 Å². The number of ether oxygens (including phenoxy) is 1. The number of benzene rings is 1. The minimum Gasteiger partial charge on any atom is -0.497 e. The SMILES string of the molecule is COc1ccc(/C=C/C(=O)NNC(=O)c2ccco2)cc1. The number of carbonyl (C=O) groups is 2. The highest BCUT2D eigenvalue weighted by molar-refractivity contribution is 5.96. The van der Waals surface area contributed by atoms with Gasteiger partial charge in [-0.05, 0) is 35.9 Å². The molecule has 21 heavy (non-hydrogen) atoms. The molecule has 108 valence electrons. The van der Waals surface area contributed by atoms with Gasteiger partial charge in [-0.25, -0.2) is 0 Å². The molecule has 1 aromatic heterocycles.